The van der Waals surface area contributed by atoms with Crippen molar-refractivity contribution in [1.82, 2.24) is 26.2 Å². The van der Waals surface area contributed by atoms with Crippen LogP contribution in [0.25, 0.3) is 0 Å². The molecule has 0 saturated carbocycles. The number of ether oxygens (including phenoxy) is 2. The number of aliphatic hydroxyl groups is 2. The molecule has 0 radical (unpaired) electrons. The van der Waals surface area contributed by atoms with Gasteiger partial charge in [-0.05, 0) is 50.2 Å². The number of alkyl carbamates (subject to hydrolysis) is 1. The van der Waals surface area contributed by atoms with Crippen LogP contribution in [0.4, 0.5) is 4.79 Å². The van der Waals surface area contributed by atoms with Gasteiger partial charge >= 0.3 is 12.1 Å². The van der Waals surface area contributed by atoms with Crippen LogP contribution in [0, 0.1) is 11.8 Å². The number of imide groups is 1. The topological polar surface area (TPSA) is 256 Å². The maximum absolute atomic E-state index is 13.8. The van der Waals surface area contributed by atoms with Crippen molar-refractivity contribution in [3.63, 3.8) is 0 Å². The van der Waals surface area contributed by atoms with E-state index in [1.54, 1.807) is 44.2 Å². The molecule has 1 unspecified atom stereocenters. The van der Waals surface area contributed by atoms with Gasteiger partial charge in [0.15, 0.2) is 0 Å². The van der Waals surface area contributed by atoms with Crippen LogP contribution >= 0.6 is 0 Å². The highest BCUT2D eigenvalue weighted by Crippen LogP contribution is 2.19. The lowest BCUT2D eigenvalue weighted by atomic mass is 9.95. The summed E-state index contributed by atoms with van der Waals surface area (Å²) in [7, 11) is 1.14. The maximum Gasteiger partial charge on any atom is 0.408 e. The van der Waals surface area contributed by atoms with E-state index in [2.05, 4.69) is 21.3 Å². The Kier molecular flexibility index (Phi) is 20.9. The number of methoxy groups -OCH3 is 1. The number of amides is 6. The van der Waals surface area contributed by atoms with E-state index in [4.69, 9.17) is 15.2 Å². The monoisotopic (exact) mass is 798 g/mol. The van der Waals surface area contributed by atoms with Gasteiger partial charge in [0.1, 0.15) is 30.8 Å². The molecule has 8 N–H and O–H groups in total. The summed E-state index contributed by atoms with van der Waals surface area (Å²) in [5, 5.41) is 29.4. The van der Waals surface area contributed by atoms with Crippen LogP contribution in [0.2, 0.25) is 0 Å². The van der Waals surface area contributed by atoms with Gasteiger partial charge in [-0.2, -0.15) is 0 Å². The third-order valence-electron chi connectivity index (χ3n) is 9.13. The van der Waals surface area contributed by atoms with Crippen LogP contribution in [0.1, 0.15) is 64.5 Å². The number of rotatable bonds is 23. The molecule has 2 aromatic rings. The van der Waals surface area contributed by atoms with Crippen molar-refractivity contribution >= 4 is 41.6 Å². The van der Waals surface area contributed by atoms with Gasteiger partial charge in [-0.1, -0.05) is 80.9 Å². The Balaban J connectivity index is 1.96. The average Bonchev–Trinajstić information content (AvgIpc) is 3.20. The Labute approximate surface area is 333 Å². The molecule has 0 heterocycles. The van der Waals surface area contributed by atoms with Gasteiger partial charge in [0.25, 0.3) is 0 Å². The van der Waals surface area contributed by atoms with Gasteiger partial charge in [0, 0.05) is 25.5 Å². The maximum atomic E-state index is 13.8. The normalized spacial score (nSPS) is 14.1. The van der Waals surface area contributed by atoms with Crippen molar-refractivity contribution in [3.8, 4) is 0 Å². The highest BCUT2D eigenvalue weighted by Gasteiger charge is 2.41. The minimum Gasteiger partial charge on any atom is -0.467 e. The summed E-state index contributed by atoms with van der Waals surface area (Å²) in [6, 6.07) is 12.0. The summed E-state index contributed by atoms with van der Waals surface area (Å²) >= 11 is 0. The fraction of sp³-hybridized carbons (Fsp3) is 0.525. The smallest absolute Gasteiger partial charge is 0.408 e. The molecule has 0 fully saturated rings. The van der Waals surface area contributed by atoms with Gasteiger partial charge in [-0.25, -0.2) is 9.59 Å². The number of nitrogens with two attached hydrogens (primary N) is 1. The summed E-state index contributed by atoms with van der Waals surface area (Å²) in [5.74, 6) is -6.39. The van der Waals surface area contributed by atoms with Gasteiger partial charge < -0.3 is 46.7 Å². The molecular formula is C40H58N6O11. The molecule has 0 bridgehead atoms. The Hall–Kier alpha value is -5.39. The molecule has 57 heavy (non-hydrogen) atoms. The molecule has 6 amide bonds. The standard InChI is InChI=1S/C40H58N6O11/c1-25(2)34(39(54)56-5)46(32(49)20-14-8-11-17-28-15-9-6-10-16-28)38(53)33(41)30(22-47)21-42-35(50)26(3)43-36(51)27(4)44-37(52)31(23-48)45-40(55)57-24-29-18-12-7-13-19-29/h6-7,9-10,12-13,15-16,18-19,25-27,30-31,33-34,47-48H,8,11,14,17,20-24,41H2,1-5H3,(H,42,50)(H,43,51)(H,44,52)(H,45,55)/t26-,27-,30?,31+,33-,34-/m0/s1. The Bertz CT molecular complexity index is 1610. The number of hydrogen-bond acceptors (Lipinski definition) is 12. The molecule has 17 nitrogen and oxygen atoms in total. The van der Waals surface area contributed by atoms with E-state index in [1.165, 1.54) is 13.8 Å². The molecule has 0 spiro atoms. The number of hydrogen-bond donors (Lipinski definition) is 7. The first-order valence-corrected chi connectivity index (χ1v) is 19.0. The lowest BCUT2D eigenvalue weighted by Crippen LogP contribution is -2.59. The van der Waals surface area contributed by atoms with Crippen LogP contribution < -0.4 is 27.0 Å². The van der Waals surface area contributed by atoms with E-state index in [0.717, 1.165) is 30.4 Å². The summed E-state index contributed by atoms with van der Waals surface area (Å²) in [5.41, 5.74) is 8.17. The number of nitrogens with one attached hydrogen (secondary N) is 4. The van der Waals surface area contributed by atoms with Crippen molar-refractivity contribution in [2.45, 2.75) is 96.6 Å². The predicted molar refractivity (Wildman–Crippen MR) is 209 cm³/mol. The summed E-state index contributed by atoms with van der Waals surface area (Å²) in [6.07, 6.45) is 1.76. The van der Waals surface area contributed by atoms with Crippen molar-refractivity contribution in [2.24, 2.45) is 17.6 Å². The molecule has 0 aliphatic rings. The fourth-order valence-electron chi connectivity index (χ4n) is 5.70. The van der Waals surface area contributed by atoms with Crippen LogP contribution in [0.3, 0.4) is 0 Å². The number of esters is 1. The molecule has 314 valence electrons. The largest absolute Gasteiger partial charge is 0.467 e. The Morgan fingerprint density at radius 3 is 1.88 bits per heavy atom. The molecular weight excluding hydrogens is 740 g/mol. The lowest BCUT2D eigenvalue weighted by Gasteiger charge is -2.34. The first-order chi connectivity index (χ1) is 27.1. The fourth-order valence-corrected chi connectivity index (χ4v) is 5.70. The van der Waals surface area contributed by atoms with E-state index in [0.29, 0.717) is 18.4 Å². The van der Waals surface area contributed by atoms with E-state index < -0.39 is 96.9 Å². The van der Waals surface area contributed by atoms with Crippen molar-refractivity contribution in [2.75, 3.05) is 26.9 Å². The van der Waals surface area contributed by atoms with Crippen LogP contribution in [-0.4, -0.2) is 114 Å². The number of nitrogens with zero attached hydrogens (tertiary/aromatic N) is 1. The number of benzene rings is 2. The second-order valence-corrected chi connectivity index (χ2v) is 14.0. The number of unbranched alkanes of at least 4 members (excludes halogenated alkanes) is 2. The summed E-state index contributed by atoms with van der Waals surface area (Å²) < 4.78 is 9.98. The Morgan fingerprint density at radius 1 is 0.737 bits per heavy atom. The number of carbonyl (C=O) groups excluding carboxylic acids is 7. The van der Waals surface area contributed by atoms with Crippen LogP contribution in [0.5, 0.6) is 0 Å². The van der Waals surface area contributed by atoms with E-state index >= 15 is 0 Å². The third-order valence-corrected chi connectivity index (χ3v) is 9.13. The average molecular weight is 799 g/mol. The highest BCUT2D eigenvalue weighted by molar-refractivity contribution is 6.02. The molecule has 6 atom stereocenters. The van der Waals surface area contributed by atoms with E-state index in [1.807, 2.05) is 30.3 Å². The Morgan fingerprint density at radius 2 is 1.32 bits per heavy atom. The van der Waals surface area contributed by atoms with Gasteiger partial charge in [-0.3, -0.25) is 28.9 Å². The number of aryl methyl sites for hydroxylation is 1. The molecule has 2 rings (SSSR count). The second-order valence-electron chi connectivity index (χ2n) is 14.0. The molecule has 2 aromatic carbocycles. The lowest BCUT2D eigenvalue weighted by molar-refractivity contribution is -0.163. The first-order valence-electron chi connectivity index (χ1n) is 19.0. The quantitative estimate of drug-likeness (QED) is 0.0606. The van der Waals surface area contributed by atoms with Gasteiger partial charge in [0.2, 0.25) is 29.5 Å². The molecule has 0 aliphatic heterocycles. The van der Waals surface area contributed by atoms with Gasteiger partial charge in [-0.15, -0.1) is 0 Å². The zero-order valence-electron chi connectivity index (χ0n) is 33.3. The molecule has 0 aliphatic carbocycles. The van der Waals surface area contributed by atoms with Crippen molar-refractivity contribution in [1.29, 1.82) is 0 Å². The van der Waals surface area contributed by atoms with E-state index in [-0.39, 0.29) is 19.6 Å². The van der Waals surface area contributed by atoms with Crippen LogP contribution in [0.15, 0.2) is 60.7 Å². The molecule has 17 heteroatoms. The minimum atomic E-state index is -1.52. The summed E-state index contributed by atoms with van der Waals surface area (Å²) in [6.45, 7) is 4.09. The zero-order chi connectivity index (χ0) is 42.5. The second kappa shape index (κ2) is 25.0. The van der Waals surface area contributed by atoms with Crippen LogP contribution in [-0.2, 0) is 51.3 Å². The zero-order valence-corrected chi connectivity index (χ0v) is 33.3. The molecule has 0 aromatic heterocycles. The van der Waals surface area contributed by atoms with E-state index in [9.17, 15) is 43.8 Å². The SMILES string of the molecule is COC(=O)[C@H](C(C)C)N(C(=O)CCCCCc1ccccc1)C(=O)[C@@H](N)C(CO)CNC(=O)[C@H](C)NC(=O)[C@H](C)NC(=O)[C@@H](CO)NC(=O)OCc1ccccc1. The predicted octanol–water partition coefficient (Wildman–Crippen LogP) is 0.691. The van der Waals surface area contributed by atoms with Crippen molar-refractivity contribution < 1.29 is 53.2 Å². The van der Waals surface area contributed by atoms with Gasteiger partial charge in [0.05, 0.1) is 19.8 Å². The summed E-state index contributed by atoms with van der Waals surface area (Å²) in [4.78, 5) is 91.7. The third kappa shape index (κ3) is 15.9. The first kappa shape index (κ1) is 47.8. The van der Waals surface area contributed by atoms with Crippen molar-refractivity contribution in [3.05, 3.63) is 71.8 Å². The number of carbonyl (C=O) groups is 7. The highest BCUT2D eigenvalue weighted by atomic mass is 16.5. The molecule has 0 saturated heterocycles. The number of aliphatic hydroxyl groups excluding tert-OH is 2. The minimum absolute atomic E-state index is 0.0391.